The second-order valence-electron chi connectivity index (χ2n) is 12.3. The second-order valence-corrected chi connectivity index (χ2v) is 12.3. The molecule has 0 saturated carbocycles. The number of hydrogen-bond acceptors (Lipinski definition) is 7. The molecular weight excluding hydrogens is 717 g/mol. The average molecular weight is 787 g/mol. The first-order valence-electron chi connectivity index (χ1n) is 18.9. The van der Waals surface area contributed by atoms with Crippen LogP contribution in [0.2, 0.25) is 0 Å². The average Bonchev–Trinajstić information content (AvgIpc) is 3.92. The van der Waals surface area contributed by atoms with E-state index in [0.29, 0.717) is 36.4 Å². The molecular formula is C45H70N8O4. The van der Waals surface area contributed by atoms with E-state index >= 15 is 0 Å². The zero-order valence-electron chi connectivity index (χ0n) is 35.6. The summed E-state index contributed by atoms with van der Waals surface area (Å²) in [6.45, 7) is 22.8. The third-order valence-electron chi connectivity index (χ3n) is 7.63. The topological polar surface area (TPSA) is 196 Å². The van der Waals surface area contributed by atoms with Crippen molar-refractivity contribution in [2.75, 3.05) is 27.3 Å². The van der Waals surface area contributed by atoms with Crippen LogP contribution in [0.5, 0.6) is 0 Å². The van der Waals surface area contributed by atoms with E-state index in [1.54, 1.807) is 38.2 Å². The van der Waals surface area contributed by atoms with E-state index in [2.05, 4.69) is 90.1 Å². The number of amidine groups is 2. The molecule has 12 heteroatoms. The zero-order chi connectivity index (χ0) is 44.0. The van der Waals surface area contributed by atoms with Crippen molar-refractivity contribution in [2.24, 2.45) is 32.9 Å². The summed E-state index contributed by atoms with van der Waals surface area (Å²) in [5, 5.41) is 0. The van der Waals surface area contributed by atoms with Crippen LogP contribution in [0.15, 0.2) is 121 Å². The van der Waals surface area contributed by atoms with Gasteiger partial charge in [-0.3, -0.25) is 14.4 Å². The van der Waals surface area contributed by atoms with Crippen molar-refractivity contribution < 1.29 is 19.1 Å². The lowest BCUT2D eigenvalue weighted by Gasteiger charge is -2.27. The van der Waals surface area contributed by atoms with Crippen LogP contribution in [0.4, 0.5) is 0 Å². The molecule has 57 heavy (non-hydrogen) atoms. The molecule has 2 aliphatic rings. The summed E-state index contributed by atoms with van der Waals surface area (Å²) < 4.78 is 4.25. The number of nitrogens with two attached hydrogens (primary N) is 4. The van der Waals surface area contributed by atoms with Crippen LogP contribution in [0.3, 0.4) is 0 Å². The van der Waals surface area contributed by atoms with Crippen molar-refractivity contribution in [3.05, 3.63) is 122 Å². The lowest BCUT2D eigenvalue weighted by atomic mass is 9.99. The second kappa shape index (κ2) is 37.0. The van der Waals surface area contributed by atoms with Gasteiger partial charge in [-0.1, -0.05) is 107 Å². The van der Waals surface area contributed by atoms with Gasteiger partial charge in [0.2, 0.25) is 18.7 Å². The molecule has 2 aliphatic heterocycles. The van der Waals surface area contributed by atoms with Crippen molar-refractivity contribution in [1.29, 1.82) is 0 Å². The molecule has 8 N–H and O–H groups in total. The first kappa shape index (κ1) is 55.4. The van der Waals surface area contributed by atoms with Crippen molar-refractivity contribution in [2.45, 2.75) is 91.1 Å². The maximum atomic E-state index is 13.0. The van der Waals surface area contributed by atoms with Gasteiger partial charge in [0.1, 0.15) is 11.7 Å². The number of benzene rings is 2. The van der Waals surface area contributed by atoms with E-state index < -0.39 is 0 Å². The Hall–Kier alpha value is -5.93. The Morgan fingerprint density at radius 3 is 1.60 bits per heavy atom. The molecule has 0 aliphatic carbocycles. The van der Waals surface area contributed by atoms with Gasteiger partial charge in [0.15, 0.2) is 0 Å². The lowest BCUT2D eigenvalue weighted by Crippen LogP contribution is -2.45. The molecule has 2 aromatic carbocycles. The summed E-state index contributed by atoms with van der Waals surface area (Å²) in [6, 6.07) is 19.9. The lowest BCUT2D eigenvalue weighted by molar-refractivity contribution is -0.132. The van der Waals surface area contributed by atoms with Gasteiger partial charge in [-0.05, 0) is 62.3 Å². The van der Waals surface area contributed by atoms with Gasteiger partial charge < -0.3 is 37.5 Å². The fraction of sp³-hybridized carbons (Fsp3) is 0.400. The van der Waals surface area contributed by atoms with Crippen LogP contribution in [0.1, 0.15) is 90.2 Å². The van der Waals surface area contributed by atoms with Gasteiger partial charge in [0, 0.05) is 51.9 Å². The number of aliphatic imine (C=N–C) groups is 2. The Balaban J connectivity index is -0.00000104. The summed E-state index contributed by atoms with van der Waals surface area (Å²) in [6.07, 6.45) is 10.7. The minimum atomic E-state index is -0.227. The highest BCUT2D eigenvalue weighted by molar-refractivity contribution is 5.93. The first-order chi connectivity index (χ1) is 27.4. The number of likely N-dealkylation sites (tertiary alicyclic amines) is 2. The molecule has 2 saturated heterocycles. The highest BCUT2D eigenvalue weighted by Gasteiger charge is 2.34. The summed E-state index contributed by atoms with van der Waals surface area (Å²) in [5.74, 6) is 6.97. The number of rotatable bonds is 8. The predicted octanol–water partition coefficient (Wildman–Crippen LogP) is 6.63. The summed E-state index contributed by atoms with van der Waals surface area (Å²) in [5.41, 5.74) is 24.3. The minimum Gasteiger partial charge on any atom is -0.403 e. The number of carbonyl (C=O) groups excluding carboxylic acids is 3. The van der Waals surface area contributed by atoms with Crippen LogP contribution in [0, 0.1) is 11.8 Å². The highest BCUT2D eigenvalue weighted by atomic mass is 16.4. The standard InChI is InChI=1S/C26H32N6O2.C9H12.C3H7N.C2H6O.C2H6.C2H4.CH3NO/c1-20(21-11-5-4-6-12-21)26(34)32-18-10-14-23(32)25(28)30-16-8-3-2-7-15-29-24(27)22-13-9-17-31(22)19-33;1-8(2)9-6-4-3-5-7-9;1-3(2)4;1-3-2;2*1-2;2-1-3/h4-8,11-12,15-16,19-20,22-23H,9-10,13-14,17-18H2,1H3,(H2,27,29)(H2,28,30);3-8H,1-2H3;1,4H2,2H3;1-2H3;1-2H3;1-2H2;1H,(H2,2,3)/b15-7+,16-8+;;;;;;/t20-,22+,23+;;;;;;/m1....../s1. The summed E-state index contributed by atoms with van der Waals surface area (Å²) in [4.78, 5) is 44.6. The van der Waals surface area contributed by atoms with Gasteiger partial charge in [-0.15, -0.1) is 13.2 Å². The molecule has 4 rings (SSSR count). The Labute approximate surface area is 343 Å². The maximum Gasteiger partial charge on any atom is 0.230 e. The van der Waals surface area contributed by atoms with E-state index in [-0.39, 0.29) is 30.3 Å². The number of allylic oxidation sites excluding steroid dienone is 3. The molecule has 314 valence electrons. The van der Waals surface area contributed by atoms with Crippen molar-refractivity contribution in [1.82, 2.24) is 9.80 Å². The Morgan fingerprint density at radius 2 is 1.19 bits per heavy atom. The Bertz CT molecular complexity index is 1540. The van der Waals surface area contributed by atoms with E-state index in [9.17, 15) is 9.59 Å². The summed E-state index contributed by atoms with van der Waals surface area (Å²) >= 11 is 0. The number of amides is 3. The van der Waals surface area contributed by atoms with Crippen LogP contribution >= 0.6 is 0 Å². The SMILES string of the molecule is C=C.C=C(C)N.CC.CC(C)c1ccccc1.COC.C[C@@H](C(=O)N1CCC[C@H]1C(N)=N/C=C/C#C/C=C/N=C(N)[C@@H]1CCCN1C=O)c1ccccc1.NC=O. The predicted molar refractivity (Wildman–Crippen MR) is 240 cm³/mol. The van der Waals surface area contributed by atoms with Crippen LogP contribution < -0.4 is 22.9 Å². The number of nitrogens with zero attached hydrogens (tertiary/aromatic N) is 4. The third-order valence-corrected chi connectivity index (χ3v) is 7.63. The Morgan fingerprint density at radius 1 is 0.807 bits per heavy atom. The number of hydrogen-bond donors (Lipinski definition) is 4. The normalized spacial score (nSPS) is 16.0. The highest BCUT2D eigenvalue weighted by Crippen LogP contribution is 2.25. The van der Waals surface area contributed by atoms with Gasteiger partial charge in [0.05, 0.1) is 18.0 Å². The number of primary amides is 1. The molecule has 0 spiro atoms. The molecule has 3 amide bonds. The minimum absolute atomic E-state index is 0.0643. The molecule has 2 aromatic rings. The number of ether oxygens (including phenoxy) is 1. The van der Waals surface area contributed by atoms with Gasteiger partial charge in [-0.25, -0.2) is 9.98 Å². The van der Waals surface area contributed by atoms with Crippen molar-refractivity contribution in [3.8, 4) is 11.8 Å². The van der Waals surface area contributed by atoms with Crippen LogP contribution in [0.25, 0.3) is 0 Å². The van der Waals surface area contributed by atoms with Gasteiger partial charge in [0.25, 0.3) is 0 Å². The van der Waals surface area contributed by atoms with E-state index in [0.717, 1.165) is 37.7 Å². The monoisotopic (exact) mass is 787 g/mol. The molecule has 3 atom stereocenters. The quantitative estimate of drug-likeness (QED) is 0.0758. The number of carbonyl (C=O) groups is 3. The van der Waals surface area contributed by atoms with E-state index in [4.69, 9.17) is 22.0 Å². The molecule has 0 radical (unpaired) electrons. The molecule has 0 bridgehead atoms. The van der Waals surface area contributed by atoms with Crippen molar-refractivity contribution in [3.63, 3.8) is 0 Å². The third kappa shape index (κ3) is 25.7. The fourth-order valence-corrected chi connectivity index (χ4v) is 5.13. The molecule has 12 nitrogen and oxygen atoms in total. The van der Waals surface area contributed by atoms with Crippen molar-refractivity contribution >= 4 is 30.4 Å². The zero-order valence-corrected chi connectivity index (χ0v) is 35.6. The van der Waals surface area contributed by atoms with E-state index in [1.165, 1.54) is 18.0 Å². The molecule has 2 heterocycles. The van der Waals surface area contributed by atoms with Crippen LogP contribution in [-0.2, 0) is 19.1 Å². The number of methoxy groups -OCH3 is 1. The first-order valence-corrected chi connectivity index (χ1v) is 18.9. The maximum absolute atomic E-state index is 13.0. The Kier molecular flexibility index (Phi) is 36.0. The molecule has 0 aromatic heterocycles. The summed E-state index contributed by atoms with van der Waals surface area (Å²) in [7, 11) is 3.25. The molecule has 0 unspecified atom stereocenters. The van der Waals surface area contributed by atoms with Gasteiger partial charge >= 0.3 is 0 Å². The van der Waals surface area contributed by atoms with Gasteiger partial charge in [-0.2, -0.15) is 0 Å². The smallest absolute Gasteiger partial charge is 0.230 e. The fourth-order valence-electron chi connectivity index (χ4n) is 5.13. The largest absolute Gasteiger partial charge is 0.403 e. The van der Waals surface area contributed by atoms with E-state index in [1.807, 2.05) is 62.1 Å². The molecule has 2 fully saturated rings. The van der Waals surface area contributed by atoms with Crippen LogP contribution in [-0.4, -0.2) is 79.6 Å².